The lowest BCUT2D eigenvalue weighted by atomic mass is 10.00. The minimum atomic E-state index is -1.03. The zero-order valence-corrected chi connectivity index (χ0v) is 10.4. The number of alkyl halides is 1. The summed E-state index contributed by atoms with van der Waals surface area (Å²) in [5.41, 5.74) is 6.83. The SMILES string of the molecule is CC(=O)c1cc(C(O)C(O)CBr)ccc1N. The fraction of sp³-hybridized carbons (Fsp3) is 0.364. The summed E-state index contributed by atoms with van der Waals surface area (Å²) in [7, 11) is 0. The Hall–Kier alpha value is -0.910. The second-order valence-corrected chi connectivity index (χ2v) is 4.22. The third kappa shape index (κ3) is 2.81. The molecule has 0 amide bonds. The van der Waals surface area contributed by atoms with Gasteiger partial charge in [0.05, 0.1) is 6.10 Å². The number of halogens is 1. The van der Waals surface area contributed by atoms with Gasteiger partial charge < -0.3 is 15.9 Å². The van der Waals surface area contributed by atoms with E-state index in [0.29, 0.717) is 16.8 Å². The van der Waals surface area contributed by atoms with E-state index in [0.717, 1.165) is 0 Å². The van der Waals surface area contributed by atoms with Gasteiger partial charge in [0.15, 0.2) is 5.78 Å². The van der Waals surface area contributed by atoms with Crippen LogP contribution in [0.25, 0.3) is 0 Å². The van der Waals surface area contributed by atoms with E-state index in [2.05, 4.69) is 15.9 Å². The summed E-state index contributed by atoms with van der Waals surface area (Å²) < 4.78 is 0. The first kappa shape index (κ1) is 13.2. The summed E-state index contributed by atoms with van der Waals surface area (Å²) in [4.78, 5) is 11.2. The van der Waals surface area contributed by atoms with Crippen molar-refractivity contribution in [2.45, 2.75) is 19.1 Å². The van der Waals surface area contributed by atoms with Crippen LogP contribution in [0.1, 0.15) is 28.9 Å². The molecule has 0 saturated carbocycles. The highest BCUT2D eigenvalue weighted by molar-refractivity contribution is 9.09. The molecule has 16 heavy (non-hydrogen) atoms. The van der Waals surface area contributed by atoms with Gasteiger partial charge in [-0.05, 0) is 24.6 Å². The number of nitrogen functional groups attached to an aromatic ring is 1. The van der Waals surface area contributed by atoms with E-state index in [4.69, 9.17) is 5.73 Å². The molecular weight excluding hydrogens is 274 g/mol. The number of nitrogens with two attached hydrogens (primary N) is 1. The van der Waals surface area contributed by atoms with Crippen molar-refractivity contribution in [1.82, 2.24) is 0 Å². The van der Waals surface area contributed by atoms with Gasteiger partial charge in [-0.3, -0.25) is 4.79 Å². The van der Waals surface area contributed by atoms with Gasteiger partial charge in [-0.15, -0.1) is 0 Å². The van der Waals surface area contributed by atoms with Crippen LogP contribution in [0, 0.1) is 0 Å². The van der Waals surface area contributed by atoms with Gasteiger partial charge in [0.25, 0.3) is 0 Å². The Kier molecular flexibility index (Phi) is 4.46. The number of ketones is 1. The van der Waals surface area contributed by atoms with Crippen LogP contribution in [-0.2, 0) is 0 Å². The number of rotatable bonds is 4. The maximum Gasteiger partial charge on any atom is 0.161 e. The van der Waals surface area contributed by atoms with Crippen LogP contribution in [-0.4, -0.2) is 27.4 Å². The fourth-order valence-corrected chi connectivity index (χ4v) is 1.72. The van der Waals surface area contributed by atoms with E-state index in [1.807, 2.05) is 0 Å². The standard InChI is InChI=1S/C11H14BrNO3/c1-6(14)8-4-7(2-3-9(8)13)11(16)10(15)5-12/h2-4,10-11,15-16H,5,13H2,1H3. The molecule has 1 aromatic carbocycles. The van der Waals surface area contributed by atoms with Crippen LogP contribution in [0.2, 0.25) is 0 Å². The third-order valence-electron chi connectivity index (χ3n) is 2.32. The number of benzene rings is 1. The highest BCUT2D eigenvalue weighted by atomic mass is 79.9. The van der Waals surface area contributed by atoms with Crippen LogP contribution < -0.4 is 5.73 Å². The molecule has 0 aromatic heterocycles. The molecule has 88 valence electrons. The number of hydrogen-bond donors (Lipinski definition) is 3. The second-order valence-electron chi connectivity index (χ2n) is 3.57. The first-order chi connectivity index (χ1) is 7.47. The summed E-state index contributed by atoms with van der Waals surface area (Å²) >= 11 is 3.07. The molecule has 0 fully saturated rings. The summed E-state index contributed by atoms with van der Waals surface area (Å²) in [6, 6.07) is 4.66. The van der Waals surface area contributed by atoms with Crippen LogP contribution >= 0.6 is 15.9 Å². The molecule has 0 spiro atoms. The molecule has 0 saturated heterocycles. The smallest absolute Gasteiger partial charge is 0.161 e. The van der Waals surface area contributed by atoms with Gasteiger partial charge >= 0.3 is 0 Å². The van der Waals surface area contributed by atoms with Crippen molar-refractivity contribution in [2.75, 3.05) is 11.1 Å². The molecule has 4 nitrogen and oxygen atoms in total. The molecular formula is C11H14BrNO3. The zero-order valence-electron chi connectivity index (χ0n) is 8.85. The summed E-state index contributed by atoms with van der Waals surface area (Å²) in [5.74, 6) is -0.167. The van der Waals surface area contributed by atoms with Crippen molar-refractivity contribution in [3.63, 3.8) is 0 Å². The molecule has 1 aromatic rings. The number of aliphatic hydroxyl groups excluding tert-OH is 2. The lowest BCUT2D eigenvalue weighted by Gasteiger charge is -2.17. The molecule has 0 aliphatic heterocycles. The van der Waals surface area contributed by atoms with Crippen molar-refractivity contribution in [3.05, 3.63) is 29.3 Å². The Morgan fingerprint density at radius 3 is 2.62 bits per heavy atom. The molecule has 0 radical (unpaired) electrons. The molecule has 5 heteroatoms. The van der Waals surface area contributed by atoms with E-state index < -0.39 is 12.2 Å². The van der Waals surface area contributed by atoms with E-state index in [9.17, 15) is 15.0 Å². The van der Waals surface area contributed by atoms with Crippen molar-refractivity contribution in [3.8, 4) is 0 Å². The average Bonchev–Trinajstić information content (AvgIpc) is 2.27. The maximum absolute atomic E-state index is 11.2. The lowest BCUT2D eigenvalue weighted by Crippen LogP contribution is -2.19. The second kappa shape index (κ2) is 5.43. The Morgan fingerprint density at radius 2 is 2.12 bits per heavy atom. The Morgan fingerprint density at radius 1 is 1.50 bits per heavy atom. The Bertz CT molecular complexity index is 395. The van der Waals surface area contributed by atoms with Crippen molar-refractivity contribution in [2.24, 2.45) is 0 Å². The topological polar surface area (TPSA) is 83.5 Å². The fourth-order valence-electron chi connectivity index (χ4n) is 1.37. The number of anilines is 1. The van der Waals surface area contributed by atoms with Gasteiger partial charge in [0.2, 0.25) is 0 Å². The van der Waals surface area contributed by atoms with Gasteiger partial charge in [-0.2, -0.15) is 0 Å². The molecule has 0 heterocycles. The van der Waals surface area contributed by atoms with E-state index in [1.54, 1.807) is 12.1 Å². The predicted molar refractivity (Wildman–Crippen MR) is 65.6 cm³/mol. The molecule has 2 unspecified atom stereocenters. The lowest BCUT2D eigenvalue weighted by molar-refractivity contribution is 0.0342. The molecule has 0 aliphatic carbocycles. The van der Waals surface area contributed by atoms with Crippen molar-refractivity contribution < 1.29 is 15.0 Å². The summed E-state index contributed by atoms with van der Waals surface area (Å²) in [5, 5.41) is 19.5. The first-order valence-corrected chi connectivity index (χ1v) is 5.92. The quantitative estimate of drug-likeness (QED) is 0.442. The minimum absolute atomic E-state index is 0.167. The first-order valence-electron chi connectivity index (χ1n) is 4.79. The van der Waals surface area contributed by atoms with Gasteiger partial charge in [0.1, 0.15) is 6.10 Å². The van der Waals surface area contributed by atoms with Gasteiger partial charge in [-0.25, -0.2) is 0 Å². The normalized spacial score (nSPS) is 14.5. The third-order valence-corrected chi connectivity index (χ3v) is 2.98. The highest BCUT2D eigenvalue weighted by Crippen LogP contribution is 2.23. The molecule has 2 atom stereocenters. The monoisotopic (exact) mass is 287 g/mol. The van der Waals surface area contributed by atoms with Crippen LogP contribution in [0.15, 0.2) is 18.2 Å². The molecule has 0 bridgehead atoms. The zero-order chi connectivity index (χ0) is 12.3. The predicted octanol–water partition coefficient (Wildman–Crippen LogP) is 1.26. The molecule has 4 N–H and O–H groups in total. The van der Waals surface area contributed by atoms with Gasteiger partial charge in [0, 0.05) is 16.6 Å². The summed E-state index contributed by atoms with van der Waals surface area (Å²) in [6.45, 7) is 1.41. The van der Waals surface area contributed by atoms with E-state index in [-0.39, 0.29) is 11.1 Å². The van der Waals surface area contributed by atoms with Crippen molar-refractivity contribution >= 4 is 27.4 Å². The van der Waals surface area contributed by atoms with Crippen LogP contribution in [0.5, 0.6) is 0 Å². The Labute approximate surface area is 102 Å². The van der Waals surface area contributed by atoms with E-state index >= 15 is 0 Å². The van der Waals surface area contributed by atoms with Crippen LogP contribution in [0.4, 0.5) is 5.69 Å². The van der Waals surface area contributed by atoms with Crippen LogP contribution in [0.3, 0.4) is 0 Å². The Balaban J connectivity index is 3.07. The van der Waals surface area contributed by atoms with Crippen molar-refractivity contribution in [1.29, 1.82) is 0 Å². The van der Waals surface area contributed by atoms with Gasteiger partial charge in [-0.1, -0.05) is 22.0 Å². The number of carbonyl (C=O) groups excluding carboxylic acids is 1. The number of hydrogen-bond acceptors (Lipinski definition) is 4. The largest absolute Gasteiger partial charge is 0.398 e. The highest BCUT2D eigenvalue weighted by Gasteiger charge is 2.18. The molecule has 0 aliphatic rings. The average molecular weight is 288 g/mol. The maximum atomic E-state index is 11.2. The number of aliphatic hydroxyl groups is 2. The minimum Gasteiger partial charge on any atom is -0.398 e. The number of carbonyl (C=O) groups is 1. The molecule has 1 rings (SSSR count). The summed E-state index contributed by atoms with van der Waals surface area (Å²) in [6.07, 6.45) is -1.94. The number of Topliss-reactive ketones (excluding diaryl/α,β-unsaturated/α-hetero) is 1. The van der Waals surface area contributed by atoms with E-state index in [1.165, 1.54) is 13.0 Å².